The zero-order chi connectivity index (χ0) is 23.1. The molecule has 2 fully saturated rings. The predicted octanol–water partition coefficient (Wildman–Crippen LogP) is 5.30. The van der Waals surface area contributed by atoms with Crippen molar-refractivity contribution in [1.82, 2.24) is 9.88 Å². The lowest BCUT2D eigenvalue weighted by Gasteiger charge is -2.42. The molecule has 0 radical (unpaired) electrons. The van der Waals surface area contributed by atoms with Crippen molar-refractivity contribution < 1.29 is 27.1 Å². The Morgan fingerprint density at radius 1 is 1.09 bits per heavy atom. The number of carbonyl (C=O) groups is 1. The van der Waals surface area contributed by atoms with Crippen LogP contribution in [0.25, 0.3) is 11.1 Å². The SMILES string of the molecule is O=C(N1CCCC(c2nc3ccccc3o2)C1)C1(c2cccc(C(F)(F)F)c2)CCOCC1. The molecule has 0 aliphatic carbocycles. The fourth-order valence-electron chi connectivity index (χ4n) is 5.07. The third kappa shape index (κ3) is 4.12. The Hall–Kier alpha value is -2.87. The zero-order valence-electron chi connectivity index (χ0n) is 18.1. The van der Waals surface area contributed by atoms with Crippen LogP contribution in [0.5, 0.6) is 0 Å². The van der Waals surface area contributed by atoms with Gasteiger partial charge < -0.3 is 14.1 Å². The van der Waals surface area contributed by atoms with Gasteiger partial charge in [0.2, 0.25) is 5.91 Å². The van der Waals surface area contributed by atoms with E-state index in [1.807, 2.05) is 24.3 Å². The molecule has 1 amide bonds. The van der Waals surface area contributed by atoms with Gasteiger partial charge in [-0.1, -0.05) is 30.3 Å². The summed E-state index contributed by atoms with van der Waals surface area (Å²) in [5.41, 5.74) is 0.140. The fourth-order valence-corrected chi connectivity index (χ4v) is 5.07. The van der Waals surface area contributed by atoms with Crippen LogP contribution in [0.3, 0.4) is 0 Å². The van der Waals surface area contributed by atoms with Gasteiger partial charge in [-0.3, -0.25) is 4.79 Å². The van der Waals surface area contributed by atoms with Crippen LogP contribution in [-0.4, -0.2) is 42.1 Å². The summed E-state index contributed by atoms with van der Waals surface area (Å²) in [6.07, 6.45) is -2.12. The van der Waals surface area contributed by atoms with Crippen LogP contribution in [0.2, 0.25) is 0 Å². The van der Waals surface area contributed by atoms with Crippen LogP contribution >= 0.6 is 0 Å². The molecule has 0 N–H and O–H groups in total. The monoisotopic (exact) mass is 458 g/mol. The number of hydrogen-bond acceptors (Lipinski definition) is 4. The van der Waals surface area contributed by atoms with Gasteiger partial charge in [0.25, 0.3) is 0 Å². The van der Waals surface area contributed by atoms with Gasteiger partial charge in [0, 0.05) is 26.3 Å². The molecule has 8 heteroatoms. The van der Waals surface area contributed by atoms with Crippen molar-refractivity contribution in [3.63, 3.8) is 0 Å². The Labute approximate surface area is 189 Å². The highest BCUT2D eigenvalue weighted by Crippen LogP contribution is 2.41. The molecule has 33 heavy (non-hydrogen) atoms. The molecule has 174 valence electrons. The summed E-state index contributed by atoms with van der Waals surface area (Å²) in [7, 11) is 0. The average Bonchev–Trinajstić information content (AvgIpc) is 3.28. The summed E-state index contributed by atoms with van der Waals surface area (Å²) >= 11 is 0. The molecule has 0 saturated carbocycles. The van der Waals surface area contributed by atoms with Gasteiger partial charge >= 0.3 is 6.18 Å². The van der Waals surface area contributed by atoms with Crippen molar-refractivity contribution in [3.05, 3.63) is 65.5 Å². The molecule has 2 aliphatic rings. The second-order valence-corrected chi connectivity index (χ2v) is 8.88. The molecule has 3 aromatic rings. The van der Waals surface area contributed by atoms with Crippen molar-refractivity contribution in [2.24, 2.45) is 0 Å². The van der Waals surface area contributed by atoms with E-state index in [0.29, 0.717) is 56.2 Å². The highest BCUT2D eigenvalue weighted by Gasteiger charge is 2.46. The third-order valence-corrected chi connectivity index (χ3v) is 6.87. The molecular weight excluding hydrogens is 433 g/mol. The number of oxazole rings is 1. The minimum absolute atomic E-state index is 0.0477. The van der Waals surface area contributed by atoms with E-state index in [9.17, 15) is 18.0 Å². The maximum Gasteiger partial charge on any atom is 0.416 e. The normalized spacial score (nSPS) is 21.3. The summed E-state index contributed by atoms with van der Waals surface area (Å²) in [4.78, 5) is 20.3. The maximum absolute atomic E-state index is 13.9. The van der Waals surface area contributed by atoms with Crippen LogP contribution in [-0.2, 0) is 21.1 Å². The van der Waals surface area contributed by atoms with Crippen LogP contribution in [0, 0.1) is 0 Å². The van der Waals surface area contributed by atoms with Crippen LogP contribution in [0.15, 0.2) is 52.9 Å². The first-order valence-corrected chi connectivity index (χ1v) is 11.3. The molecule has 3 heterocycles. The average molecular weight is 458 g/mol. The molecule has 0 spiro atoms. The highest BCUT2D eigenvalue weighted by molar-refractivity contribution is 5.88. The molecule has 1 aromatic heterocycles. The number of halogens is 3. The summed E-state index contributed by atoms with van der Waals surface area (Å²) in [5.74, 6) is 0.424. The van der Waals surface area contributed by atoms with E-state index in [4.69, 9.17) is 9.15 Å². The zero-order valence-corrected chi connectivity index (χ0v) is 18.1. The van der Waals surface area contributed by atoms with E-state index < -0.39 is 17.2 Å². The van der Waals surface area contributed by atoms with Gasteiger partial charge in [-0.15, -0.1) is 0 Å². The number of likely N-dealkylation sites (tertiary alicyclic amines) is 1. The van der Waals surface area contributed by atoms with E-state index in [2.05, 4.69) is 4.98 Å². The standard InChI is InChI=1S/C25H25F3N2O3/c26-25(27,28)19-7-3-6-18(15-19)24(10-13-32-14-11-24)23(31)30-12-4-5-17(16-30)22-29-20-8-1-2-9-21(20)33-22/h1-3,6-9,15,17H,4-5,10-14,16H2. The molecule has 2 aromatic carbocycles. The number of carbonyl (C=O) groups excluding carboxylic acids is 1. The number of ether oxygens (including phenoxy) is 1. The third-order valence-electron chi connectivity index (χ3n) is 6.87. The number of nitrogens with zero attached hydrogens (tertiary/aromatic N) is 2. The van der Waals surface area contributed by atoms with Gasteiger partial charge in [0.1, 0.15) is 5.52 Å². The molecular formula is C25H25F3N2O3. The lowest BCUT2D eigenvalue weighted by atomic mass is 9.72. The Balaban J connectivity index is 1.45. The number of piperidine rings is 1. The van der Waals surface area contributed by atoms with Crippen molar-refractivity contribution in [3.8, 4) is 0 Å². The lowest BCUT2D eigenvalue weighted by Crippen LogP contribution is -2.52. The number of amides is 1. The summed E-state index contributed by atoms with van der Waals surface area (Å²) < 4.78 is 51.7. The minimum atomic E-state index is -4.46. The number of rotatable bonds is 3. The second kappa shape index (κ2) is 8.48. The number of fused-ring (bicyclic) bond motifs is 1. The minimum Gasteiger partial charge on any atom is -0.440 e. The molecule has 1 atom stereocenters. The van der Waals surface area contributed by atoms with Gasteiger partial charge in [-0.25, -0.2) is 4.98 Å². The number of aromatic nitrogens is 1. The summed E-state index contributed by atoms with van der Waals surface area (Å²) in [6, 6.07) is 12.7. The second-order valence-electron chi connectivity index (χ2n) is 8.88. The van der Waals surface area contributed by atoms with E-state index >= 15 is 0 Å². The van der Waals surface area contributed by atoms with E-state index in [1.54, 1.807) is 11.0 Å². The van der Waals surface area contributed by atoms with E-state index in [1.165, 1.54) is 6.07 Å². The van der Waals surface area contributed by atoms with Gasteiger partial charge in [-0.05, 0) is 49.4 Å². The fraction of sp³-hybridized carbons (Fsp3) is 0.440. The first kappa shape index (κ1) is 21.9. The molecule has 5 rings (SSSR count). The van der Waals surface area contributed by atoms with Crippen molar-refractivity contribution in [1.29, 1.82) is 0 Å². The molecule has 2 aliphatic heterocycles. The van der Waals surface area contributed by atoms with Crippen LogP contribution in [0.1, 0.15) is 48.6 Å². The molecule has 2 saturated heterocycles. The van der Waals surface area contributed by atoms with E-state index in [-0.39, 0.29) is 11.8 Å². The number of hydrogen-bond donors (Lipinski definition) is 0. The predicted molar refractivity (Wildman–Crippen MR) is 116 cm³/mol. The topological polar surface area (TPSA) is 55.6 Å². The van der Waals surface area contributed by atoms with Crippen molar-refractivity contribution >= 4 is 17.0 Å². The highest BCUT2D eigenvalue weighted by atomic mass is 19.4. The molecule has 0 bridgehead atoms. The number of para-hydroxylation sites is 2. The Kier molecular flexibility index (Phi) is 5.64. The van der Waals surface area contributed by atoms with Crippen LogP contribution in [0.4, 0.5) is 13.2 Å². The summed E-state index contributed by atoms with van der Waals surface area (Å²) in [5, 5.41) is 0. The van der Waals surface area contributed by atoms with Crippen molar-refractivity contribution in [2.45, 2.75) is 43.2 Å². The number of benzene rings is 2. The Morgan fingerprint density at radius 3 is 2.64 bits per heavy atom. The largest absolute Gasteiger partial charge is 0.440 e. The smallest absolute Gasteiger partial charge is 0.416 e. The first-order chi connectivity index (χ1) is 15.9. The van der Waals surface area contributed by atoms with Gasteiger partial charge in [0.15, 0.2) is 11.5 Å². The Morgan fingerprint density at radius 2 is 1.88 bits per heavy atom. The van der Waals surface area contributed by atoms with Crippen molar-refractivity contribution in [2.75, 3.05) is 26.3 Å². The number of alkyl halides is 3. The lowest BCUT2D eigenvalue weighted by molar-refractivity contribution is -0.143. The Bertz CT molecular complexity index is 1120. The van der Waals surface area contributed by atoms with Gasteiger partial charge in [0.05, 0.1) is 16.9 Å². The molecule has 1 unspecified atom stereocenters. The van der Waals surface area contributed by atoms with E-state index in [0.717, 1.165) is 30.5 Å². The quantitative estimate of drug-likeness (QED) is 0.535. The maximum atomic E-state index is 13.9. The van der Waals surface area contributed by atoms with Gasteiger partial charge in [-0.2, -0.15) is 13.2 Å². The molecule has 5 nitrogen and oxygen atoms in total. The van der Waals surface area contributed by atoms with Crippen LogP contribution < -0.4 is 0 Å². The first-order valence-electron chi connectivity index (χ1n) is 11.3. The summed E-state index contributed by atoms with van der Waals surface area (Å²) in [6.45, 7) is 1.68.